The van der Waals surface area contributed by atoms with Gasteiger partial charge in [0.2, 0.25) is 0 Å². The molecule has 0 aliphatic carbocycles. The van der Waals surface area contributed by atoms with Crippen molar-refractivity contribution in [2.75, 3.05) is 5.32 Å². The quantitative estimate of drug-likeness (QED) is 0.816. The van der Waals surface area contributed by atoms with Crippen molar-refractivity contribution in [2.24, 2.45) is 5.73 Å². The summed E-state index contributed by atoms with van der Waals surface area (Å²) in [6.45, 7) is 4.04. The number of thiophene rings is 1. The third-order valence-electron chi connectivity index (χ3n) is 2.67. The molecule has 2 amide bonds. The molecule has 22 heavy (non-hydrogen) atoms. The number of carbonyl (C=O) groups is 2. The number of amides is 2. The van der Waals surface area contributed by atoms with E-state index in [4.69, 9.17) is 5.73 Å². The minimum atomic E-state index is -0.629. The van der Waals surface area contributed by atoms with Crippen LogP contribution in [0.4, 0.5) is 9.39 Å². The summed E-state index contributed by atoms with van der Waals surface area (Å²) >= 11 is 2.82. The van der Waals surface area contributed by atoms with Gasteiger partial charge in [-0.25, -0.2) is 4.39 Å². The van der Waals surface area contributed by atoms with Crippen molar-refractivity contribution >= 4 is 39.9 Å². The van der Waals surface area contributed by atoms with E-state index >= 15 is 0 Å². The van der Waals surface area contributed by atoms with E-state index in [0.29, 0.717) is 10.3 Å². The maximum Gasteiger partial charge on any atom is 0.259 e. The second-order valence-corrected chi connectivity index (χ2v) is 7.70. The van der Waals surface area contributed by atoms with E-state index in [1.807, 2.05) is 13.8 Å². The first kappa shape index (κ1) is 16.5. The molecule has 0 saturated carbocycles. The zero-order valence-electron chi connectivity index (χ0n) is 12.1. The summed E-state index contributed by atoms with van der Waals surface area (Å²) in [5.41, 5.74) is 5.49. The van der Waals surface area contributed by atoms with Crippen molar-refractivity contribution < 1.29 is 14.0 Å². The van der Waals surface area contributed by atoms with Gasteiger partial charge in [-0.05, 0) is 18.2 Å². The fourth-order valence-corrected chi connectivity index (χ4v) is 4.21. The van der Waals surface area contributed by atoms with Crippen molar-refractivity contribution in [2.45, 2.75) is 23.3 Å². The van der Waals surface area contributed by atoms with Gasteiger partial charge in [-0.1, -0.05) is 26.0 Å². The van der Waals surface area contributed by atoms with Gasteiger partial charge in [-0.15, -0.1) is 23.1 Å². The van der Waals surface area contributed by atoms with E-state index in [1.54, 1.807) is 23.9 Å². The van der Waals surface area contributed by atoms with Crippen LogP contribution in [-0.4, -0.2) is 17.1 Å². The Morgan fingerprint density at radius 2 is 1.95 bits per heavy atom. The first-order chi connectivity index (χ1) is 10.4. The van der Waals surface area contributed by atoms with Crippen LogP contribution in [0.15, 0.2) is 34.5 Å². The summed E-state index contributed by atoms with van der Waals surface area (Å²) in [6, 6.07) is 7.31. The van der Waals surface area contributed by atoms with Gasteiger partial charge >= 0.3 is 0 Å². The minimum absolute atomic E-state index is 0.0793. The number of primary amides is 1. The first-order valence-electron chi connectivity index (χ1n) is 6.54. The van der Waals surface area contributed by atoms with Gasteiger partial charge in [0.15, 0.2) is 0 Å². The Morgan fingerprint density at radius 1 is 1.27 bits per heavy atom. The van der Waals surface area contributed by atoms with Crippen LogP contribution < -0.4 is 11.1 Å². The lowest BCUT2D eigenvalue weighted by Gasteiger charge is -2.05. The van der Waals surface area contributed by atoms with Crippen LogP contribution in [0.3, 0.4) is 0 Å². The molecule has 7 heteroatoms. The average Bonchev–Trinajstić information content (AvgIpc) is 2.81. The molecule has 1 aromatic heterocycles. The summed E-state index contributed by atoms with van der Waals surface area (Å²) in [5.74, 6) is -1.85. The molecule has 0 fully saturated rings. The van der Waals surface area contributed by atoms with Gasteiger partial charge in [0, 0.05) is 5.25 Å². The Kier molecular flexibility index (Phi) is 5.20. The Hall–Kier alpha value is -1.86. The van der Waals surface area contributed by atoms with Gasteiger partial charge in [-0.2, -0.15) is 0 Å². The first-order valence-corrected chi connectivity index (χ1v) is 8.24. The van der Waals surface area contributed by atoms with Crippen molar-refractivity contribution in [3.63, 3.8) is 0 Å². The largest absolute Gasteiger partial charge is 0.366 e. The predicted molar refractivity (Wildman–Crippen MR) is 88.2 cm³/mol. The molecule has 0 unspecified atom stereocenters. The summed E-state index contributed by atoms with van der Waals surface area (Å²) in [5, 5.41) is 3.23. The number of carbonyl (C=O) groups excluding carboxylic acids is 2. The molecule has 116 valence electrons. The molecule has 0 spiro atoms. The van der Waals surface area contributed by atoms with E-state index in [2.05, 4.69) is 5.32 Å². The van der Waals surface area contributed by atoms with Crippen LogP contribution in [0.25, 0.3) is 0 Å². The van der Waals surface area contributed by atoms with Gasteiger partial charge in [0.05, 0.1) is 15.3 Å². The normalized spacial score (nSPS) is 10.7. The lowest BCUT2D eigenvalue weighted by atomic mass is 10.2. The van der Waals surface area contributed by atoms with Crippen molar-refractivity contribution in [1.82, 2.24) is 0 Å². The third kappa shape index (κ3) is 3.86. The molecule has 0 radical (unpaired) electrons. The van der Waals surface area contributed by atoms with Crippen LogP contribution >= 0.6 is 23.1 Å². The number of benzene rings is 1. The summed E-state index contributed by atoms with van der Waals surface area (Å²) in [6.07, 6.45) is 0. The van der Waals surface area contributed by atoms with Crippen LogP contribution in [0.1, 0.15) is 34.6 Å². The molecule has 0 saturated heterocycles. The highest BCUT2D eigenvalue weighted by Crippen LogP contribution is 2.36. The third-order valence-corrected chi connectivity index (χ3v) is 4.88. The van der Waals surface area contributed by atoms with Crippen molar-refractivity contribution in [3.8, 4) is 0 Å². The number of nitrogens with two attached hydrogens (primary N) is 1. The molecular formula is C15H15FN2O2S2. The highest BCUT2D eigenvalue weighted by molar-refractivity contribution is 8.01. The van der Waals surface area contributed by atoms with Gasteiger partial charge in [0.25, 0.3) is 11.8 Å². The highest BCUT2D eigenvalue weighted by atomic mass is 32.2. The molecular weight excluding hydrogens is 323 g/mol. The Morgan fingerprint density at radius 3 is 2.55 bits per heavy atom. The molecule has 1 aromatic carbocycles. The van der Waals surface area contributed by atoms with E-state index < -0.39 is 17.6 Å². The zero-order chi connectivity index (χ0) is 16.3. The summed E-state index contributed by atoms with van der Waals surface area (Å²) < 4.78 is 14.5. The molecule has 2 aromatic rings. The van der Waals surface area contributed by atoms with Gasteiger partial charge in [-0.3, -0.25) is 9.59 Å². The standard InChI is InChI=1S/C15H15FN2O2S2/c1-8(2)21-12-7-10(13(17)19)15(22-12)18-14(20)9-5-3-4-6-11(9)16/h3-8H,1-2H3,(H2,17,19)(H,18,20). The van der Waals surface area contributed by atoms with E-state index in [0.717, 1.165) is 4.21 Å². The van der Waals surface area contributed by atoms with Crippen LogP contribution in [0, 0.1) is 5.82 Å². The smallest absolute Gasteiger partial charge is 0.259 e. The number of nitrogens with one attached hydrogen (secondary N) is 1. The SMILES string of the molecule is CC(C)Sc1cc(C(N)=O)c(NC(=O)c2ccccc2F)s1. The van der Waals surface area contributed by atoms with Crippen LogP contribution in [-0.2, 0) is 0 Å². The van der Waals surface area contributed by atoms with E-state index in [-0.39, 0.29) is 11.1 Å². The van der Waals surface area contributed by atoms with Crippen molar-refractivity contribution in [3.05, 3.63) is 47.3 Å². The number of hydrogen-bond donors (Lipinski definition) is 2. The predicted octanol–water partition coefficient (Wildman–Crippen LogP) is 3.74. The second-order valence-electron chi connectivity index (χ2n) is 4.77. The van der Waals surface area contributed by atoms with Gasteiger partial charge in [0.1, 0.15) is 10.8 Å². The molecule has 0 aliphatic rings. The molecule has 3 N–H and O–H groups in total. The molecule has 0 aliphatic heterocycles. The topological polar surface area (TPSA) is 72.2 Å². The van der Waals surface area contributed by atoms with Crippen LogP contribution in [0.5, 0.6) is 0 Å². The Labute approximate surface area is 135 Å². The van der Waals surface area contributed by atoms with Gasteiger partial charge < -0.3 is 11.1 Å². The lowest BCUT2D eigenvalue weighted by molar-refractivity contribution is 0.100. The second kappa shape index (κ2) is 6.93. The number of anilines is 1. The molecule has 2 rings (SSSR count). The number of rotatable bonds is 5. The van der Waals surface area contributed by atoms with Crippen molar-refractivity contribution in [1.29, 1.82) is 0 Å². The number of hydrogen-bond acceptors (Lipinski definition) is 4. The minimum Gasteiger partial charge on any atom is -0.366 e. The average molecular weight is 338 g/mol. The van der Waals surface area contributed by atoms with E-state index in [1.165, 1.54) is 29.5 Å². The summed E-state index contributed by atoms with van der Waals surface area (Å²) in [4.78, 5) is 23.6. The Bertz CT molecular complexity index is 713. The fourth-order valence-electron chi connectivity index (χ4n) is 1.75. The molecule has 0 bridgehead atoms. The molecule has 1 heterocycles. The maximum absolute atomic E-state index is 13.6. The van der Waals surface area contributed by atoms with Crippen LogP contribution in [0.2, 0.25) is 0 Å². The monoisotopic (exact) mass is 338 g/mol. The number of thioether (sulfide) groups is 1. The molecule has 0 atom stereocenters. The number of halogens is 1. The zero-order valence-corrected chi connectivity index (χ0v) is 13.7. The summed E-state index contributed by atoms with van der Waals surface area (Å²) in [7, 11) is 0. The lowest BCUT2D eigenvalue weighted by Crippen LogP contribution is -2.17. The fraction of sp³-hybridized carbons (Fsp3) is 0.200. The Balaban J connectivity index is 2.28. The highest BCUT2D eigenvalue weighted by Gasteiger charge is 2.19. The molecule has 4 nitrogen and oxygen atoms in total. The van der Waals surface area contributed by atoms with E-state index in [9.17, 15) is 14.0 Å². The maximum atomic E-state index is 13.6.